The summed E-state index contributed by atoms with van der Waals surface area (Å²) in [5.74, 6) is -0.651. The highest BCUT2D eigenvalue weighted by atomic mass is 19.1. The van der Waals surface area contributed by atoms with E-state index in [1.165, 1.54) is 6.92 Å². The number of fused-ring (bicyclic) bond motifs is 1. The molecule has 1 amide bonds. The fourth-order valence-electron chi connectivity index (χ4n) is 4.04. The summed E-state index contributed by atoms with van der Waals surface area (Å²) in [4.78, 5) is 28.0. The standard InChI is InChI=1S/C27H25FN6O2/c1-18(28)15-24(35)31-22-4-2-3-19(16-22)25-26-20(9-10-29-25)17-30-27(33-26)32-21-5-7-23(8-6-21)34-11-13-36-14-12-34/h2-10,15-17H,11-14H2,1H3,(H,31,35)(H,30,32,33). The number of aromatic nitrogens is 3. The Bertz CT molecular complexity index is 1410. The van der Waals surface area contributed by atoms with Crippen LogP contribution in [0.2, 0.25) is 0 Å². The summed E-state index contributed by atoms with van der Waals surface area (Å²) in [6.07, 6.45) is 4.35. The molecular weight excluding hydrogens is 459 g/mol. The molecule has 5 rings (SSSR count). The summed E-state index contributed by atoms with van der Waals surface area (Å²) in [5, 5.41) is 6.77. The maximum absolute atomic E-state index is 13.0. The lowest BCUT2D eigenvalue weighted by atomic mass is 10.1. The van der Waals surface area contributed by atoms with E-state index in [1.807, 2.05) is 24.3 Å². The van der Waals surface area contributed by atoms with Gasteiger partial charge in [0.25, 0.3) is 5.91 Å². The molecule has 2 aromatic carbocycles. The van der Waals surface area contributed by atoms with E-state index in [9.17, 15) is 9.18 Å². The van der Waals surface area contributed by atoms with Gasteiger partial charge in [-0.25, -0.2) is 14.4 Å². The Labute approximate surface area is 207 Å². The van der Waals surface area contributed by atoms with Gasteiger partial charge in [-0.05, 0) is 49.4 Å². The zero-order chi connectivity index (χ0) is 24.9. The lowest BCUT2D eigenvalue weighted by Crippen LogP contribution is -2.36. The van der Waals surface area contributed by atoms with Crippen molar-refractivity contribution in [3.05, 3.63) is 78.9 Å². The van der Waals surface area contributed by atoms with Crippen molar-refractivity contribution in [1.29, 1.82) is 0 Å². The Kier molecular flexibility index (Phi) is 6.81. The SMILES string of the molecule is CC(F)=CC(=O)Nc1cccc(-c2nccc3cnc(Nc4ccc(N5CCOCC5)cc4)nc23)c1. The van der Waals surface area contributed by atoms with Crippen molar-refractivity contribution in [3.63, 3.8) is 0 Å². The minimum absolute atomic E-state index is 0.448. The van der Waals surface area contributed by atoms with Gasteiger partial charge in [-0.3, -0.25) is 9.78 Å². The first-order valence-electron chi connectivity index (χ1n) is 11.6. The largest absolute Gasteiger partial charge is 0.378 e. The minimum Gasteiger partial charge on any atom is -0.378 e. The number of hydrogen-bond acceptors (Lipinski definition) is 7. The van der Waals surface area contributed by atoms with Crippen LogP contribution >= 0.6 is 0 Å². The predicted octanol–water partition coefficient (Wildman–Crippen LogP) is 5.08. The Morgan fingerprint density at radius 2 is 1.86 bits per heavy atom. The van der Waals surface area contributed by atoms with Gasteiger partial charge in [0.1, 0.15) is 11.3 Å². The monoisotopic (exact) mass is 484 g/mol. The molecule has 2 aromatic heterocycles. The van der Waals surface area contributed by atoms with Gasteiger partial charge in [-0.1, -0.05) is 12.1 Å². The number of ether oxygens (including phenoxy) is 1. The fraction of sp³-hybridized carbons (Fsp3) is 0.185. The molecular formula is C27H25FN6O2. The number of morpholine rings is 1. The van der Waals surface area contributed by atoms with Gasteiger partial charge < -0.3 is 20.3 Å². The predicted molar refractivity (Wildman–Crippen MR) is 139 cm³/mol. The lowest BCUT2D eigenvalue weighted by Gasteiger charge is -2.28. The molecule has 0 atom stereocenters. The van der Waals surface area contributed by atoms with Crippen molar-refractivity contribution in [1.82, 2.24) is 15.0 Å². The number of allylic oxidation sites excluding steroid dienone is 1. The second-order valence-corrected chi connectivity index (χ2v) is 8.36. The highest BCUT2D eigenvalue weighted by Gasteiger charge is 2.12. The van der Waals surface area contributed by atoms with Crippen LogP contribution < -0.4 is 15.5 Å². The Morgan fingerprint density at radius 1 is 1.06 bits per heavy atom. The Hall–Kier alpha value is -4.37. The van der Waals surface area contributed by atoms with Gasteiger partial charge in [-0.2, -0.15) is 0 Å². The van der Waals surface area contributed by atoms with Crippen LogP contribution in [0.5, 0.6) is 0 Å². The third-order valence-corrected chi connectivity index (χ3v) is 5.73. The summed E-state index contributed by atoms with van der Waals surface area (Å²) in [5.41, 5.74) is 4.63. The zero-order valence-electron chi connectivity index (χ0n) is 19.7. The van der Waals surface area contributed by atoms with Gasteiger partial charge >= 0.3 is 0 Å². The number of carbonyl (C=O) groups is 1. The molecule has 0 aliphatic carbocycles. The minimum atomic E-state index is -0.563. The molecule has 0 radical (unpaired) electrons. The number of rotatable bonds is 6. The van der Waals surface area contributed by atoms with E-state index < -0.39 is 11.7 Å². The molecule has 0 spiro atoms. The number of nitrogens with zero attached hydrogens (tertiary/aromatic N) is 4. The van der Waals surface area contributed by atoms with Crippen molar-refractivity contribution in [3.8, 4) is 11.3 Å². The highest BCUT2D eigenvalue weighted by Crippen LogP contribution is 2.28. The van der Waals surface area contributed by atoms with Crippen LogP contribution in [-0.4, -0.2) is 47.2 Å². The average Bonchev–Trinajstić information content (AvgIpc) is 2.89. The molecule has 1 aliphatic rings. The summed E-state index contributed by atoms with van der Waals surface area (Å²) >= 11 is 0. The third-order valence-electron chi connectivity index (χ3n) is 5.73. The van der Waals surface area contributed by atoms with E-state index in [2.05, 4.69) is 37.6 Å². The van der Waals surface area contributed by atoms with Crippen LogP contribution in [0.15, 0.2) is 78.9 Å². The van der Waals surface area contributed by atoms with Crippen molar-refractivity contribution in [2.24, 2.45) is 0 Å². The van der Waals surface area contributed by atoms with Crippen LogP contribution in [0, 0.1) is 0 Å². The smallest absolute Gasteiger partial charge is 0.250 e. The topological polar surface area (TPSA) is 92.3 Å². The first kappa shape index (κ1) is 23.4. The highest BCUT2D eigenvalue weighted by molar-refractivity contribution is 6.00. The molecule has 2 N–H and O–H groups in total. The third kappa shape index (κ3) is 5.47. The van der Waals surface area contributed by atoms with E-state index in [-0.39, 0.29) is 0 Å². The van der Waals surface area contributed by atoms with Crippen molar-refractivity contribution >= 4 is 39.8 Å². The van der Waals surface area contributed by atoms with E-state index in [4.69, 9.17) is 9.72 Å². The number of amides is 1. The normalized spacial score (nSPS) is 14.1. The molecule has 3 heterocycles. The molecule has 1 fully saturated rings. The molecule has 1 aliphatic heterocycles. The molecule has 4 aromatic rings. The van der Waals surface area contributed by atoms with Crippen LogP contribution in [0.1, 0.15) is 6.92 Å². The first-order chi connectivity index (χ1) is 17.5. The average molecular weight is 485 g/mol. The quantitative estimate of drug-likeness (QED) is 0.369. The van der Waals surface area contributed by atoms with E-state index in [1.54, 1.807) is 30.6 Å². The second kappa shape index (κ2) is 10.5. The van der Waals surface area contributed by atoms with Gasteiger partial charge in [0, 0.05) is 59.6 Å². The summed E-state index contributed by atoms with van der Waals surface area (Å²) in [6.45, 7) is 4.47. The number of pyridine rings is 1. The first-order valence-corrected chi connectivity index (χ1v) is 11.6. The van der Waals surface area contributed by atoms with Crippen molar-refractivity contribution < 1.29 is 13.9 Å². The molecule has 36 heavy (non-hydrogen) atoms. The van der Waals surface area contributed by atoms with Gasteiger partial charge in [0.05, 0.1) is 18.9 Å². The van der Waals surface area contributed by atoms with Gasteiger partial charge in [-0.15, -0.1) is 0 Å². The number of hydrogen-bond donors (Lipinski definition) is 2. The summed E-state index contributed by atoms with van der Waals surface area (Å²) in [7, 11) is 0. The molecule has 8 nitrogen and oxygen atoms in total. The maximum Gasteiger partial charge on any atom is 0.250 e. The Morgan fingerprint density at radius 3 is 2.64 bits per heavy atom. The molecule has 0 unspecified atom stereocenters. The zero-order valence-corrected chi connectivity index (χ0v) is 19.7. The number of anilines is 4. The second-order valence-electron chi connectivity index (χ2n) is 8.36. The molecule has 1 saturated heterocycles. The molecule has 9 heteroatoms. The van der Waals surface area contributed by atoms with E-state index in [0.29, 0.717) is 22.8 Å². The van der Waals surface area contributed by atoms with E-state index >= 15 is 0 Å². The number of carbonyl (C=O) groups excluding carboxylic acids is 1. The van der Waals surface area contributed by atoms with E-state index in [0.717, 1.165) is 54.7 Å². The number of benzene rings is 2. The maximum atomic E-state index is 13.0. The molecule has 0 bridgehead atoms. The van der Waals surface area contributed by atoms with Crippen molar-refractivity contribution in [2.75, 3.05) is 41.8 Å². The van der Waals surface area contributed by atoms with Gasteiger partial charge in [0.2, 0.25) is 5.95 Å². The molecule has 182 valence electrons. The summed E-state index contributed by atoms with van der Waals surface area (Å²) in [6, 6.07) is 17.2. The molecule has 0 saturated carbocycles. The van der Waals surface area contributed by atoms with Crippen LogP contribution in [-0.2, 0) is 9.53 Å². The van der Waals surface area contributed by atoms with Crippen LogP contribution in [0.25, 0.3) is 22.2 Å². The van der Waals surface area contributed by atoms with Crippen molar-refractivity contribution in [2.45, 2.75) is 6.92 Å². The Balaban J connectivity index is 1.39. The summed E-state index contributed by atoms with van der Waals surface area (Å²) < 4.78 is 18.5. The van der Waals surface area contributed by atoms with Gasteiger partial charge in [0.15, 0.2) is 0 Å². The van der Waals surface area contributed by atoms with Crippen LogP contribution in [0.4, 0.5) is 27.4 Å². The fourth-order valence-corrected chi connectivity index (χ4v) is 4.04. The van der Waals surface area contributed by atoms with Crippen LogP contribution in [0.3, 0.4) is 0 Å². The number of halogens is 1. The lowest BCUT2D eigenvalue weighted by molar-refractivity contribution is -0.112. The number of nitrogens with one attached hydrogen (secondary N) is 2.